The van der Waals surface area contributed by atoms with Gasteiger partial charge in [-0.05, 0) is 76.5 Å². The second-order valence-electron chi connectivity index (χ2n) is 12.9. The maximum absolute atomic E-state index is 6.41. The van der Waals surface area contributed by atoms with E-state index in [1.807, 2.05) is 0 Å². The molecule has 0 radical (unpaired) electrons. The highest BCUT2D eigenvalue weighted by Crippen LogP contribution is 2.43. The fourth-order valence-corrected chi connectivity index (χ4v) is 8.16. The van der Waals surface area contributed by atoms with Crippen LogP contribution in [-0.4, -0.2) is 9.13 Å². The molecule has 0 aliphatic rings. The van der Waals surface area contributed by atoms with Gasteiger partial charge in [0.25, 0.3) is 0 Å². The van der Waals surface area contributed by atoms with Gasteiger partial charge in [0, 0.05) is 43.7 Å². The van der Waals surface area contributed by atoms with E-state index in [4.69, 9.17) is 4.42 Å². The van der Waals surface area contributed by atoms with Crippen LogP contribution in [0.1, 0.15) is 0 Å². The molecule has 0 saturated carbocycles. The SMILES string of the molecule is c1ccc(-n2c3ccccc3c3ccc4c5ccccc5n(-c5ccc(-c6cccc7oc8cc9ccccc9cc8c67)cc5)c4c32)cc1. The van der Waals surface area contributed by atoms with E-state index < -0.39 is 0 Å². The van der Waals surface area contributed by atoms with E-state index in [0.717, 1.165) is 38.9 Å². The molecule has 8 aromatic carbocycles. The topological polar surface area (TPSA) is 23.0 Å². The highest BCUT2D eigenvalue weighted by molar-refractivity contribution is 6.24. The molecule has 0 atom stereocenters. The summed E-state index contributed by atoms with van der Waals surface area (Å²) in [5, 5.41) is 9.69. The van der Waals surface area contributed by atoms with Crippen molar-refractivity contribution in [1.82, 2.24) is 9.13 Å². The number of rotatable bonds is 3. The minimum absolute atomic E-state index is 0.908. The van der Waals surface area contributed by atoms with Crippen LogP contribution in [0.5, 0.6) is 0 Å². The van der Waals surface area contributed by atoms with Crippen LogP contribution in [0, 0.1) is 0 Å². The fourth-order valence-electron chi connectivity index (χ4n) is 8.16. The molecule has 0 fully saturated rings. The van der Waals surface area contributed by atoms with Gasteiger partial charge in [-0.25, -0.2) is 0 Å². The van der Waals surface area contributed by atoms with E-state index in [1.165, 1.54) is 59.9 Å². The van der Waals surface area contributed by atoms with Gasteiger partial charge in [0.1, 0.15) is 11.2 Å². The Morgan fingerprint density at radius 2 is 0.939 bits per heavy atom. The third-order valence-corrected chi connectivity index (χ3v) is 10.3. The minimum Gasteiger partial charge on any atom is -0.456 e. The summed E-state index contributed by atoms with van der Waals surface area (Å²) in [4.78, 5) is 0. The van der Waals surface area contributed by atoms with Gasteiger partial charge in [-0.2, -0.15) is 0 Å². The van der Waals surface area contributed by atoms with Crippen LogP contribution >= 0.6 is 0 Å². The Morgan fingerprint density at radius 1 is 0.367 bits per heavy atom. The molecule has 0 amide bonds. The summed E-state index contributed by atoms with van der Waals surface area (Å²) in [5.74, 6) is 0. The van der Waals surface area contributed by atoms with Crippen LogP contribution in [0.3, 0.4) is 0 Å². The average Bonchev–Trinajstić information content (AvgIpc) is 3.82. The van der Waals surface area contributed by atoms with Crippen LogP contribution in [-0.2, 0) is 0 Å². The molecule has 11 rings (SSSR count). The van der Waals surface area contributed by atoms with Crippen molar-refractivity contribution in [3.63, 3.8) is 0 Å². The van der Waals surface area contributed by atoms with E-state index in [9.17, 15) is 0 Å². The van der Waals surface area contributed by atoms with Crippen molar-refractivity contribution in [3.8, 4) is 22.5 Å². The summed E-state index contributed by atoms with van der Waals surface area (Å²) in [6.45, 7) is 0. The lowest BCUT2D eigenvalue weighted by Gasteiger charge is -2.13. The minimum atomic E-state index is 0.908. The Bertz CT molecular complexity index is 3090. The van der Waals surface area contributed by atoms with Crippen molar-refractivity contribution in [2.45, 2.75) is 0 Å². The third-order valence-electron chi connectivity index (χ3n) is 10.3. The first-order chi connectivity index (χ1) is 24.3. The smallest absolute Gasteiger partial charge is 0.136 e. The van der Waals surface area contributed by atoms with Crippen LogP contribution in [0.25, 0.3) is 98.8 Å². The molecule has 0 saturated heterocycles. The summed E-state index contributed by atoms with van der Waals surface area (Å²) in [5.41, 5.74) is 11.3. The number of furan rings is 1. The van der Waals surface area contributed by atoms with Crippen molar-refractivity contribution < 1.29 is 4.42 Å². The van der Waals surface area contributed by atoms with Gasteiger partial charge < -0.3 is 13.6 Å². The zero-order valence-electron chi connectivity index (χ0n) is 26.5. The van der Waals surface area contributed by atoms with Gasteiger partial charge in [0.2, 0.25) is 0 Å². The molecular weight excluding hydrogens is 597 g/mol. The molecule has 0 unspecified atom stereocenters. The summed E-state index contributed by atoms with van der Waals surface area (Å²) in [7, 11) is 0. The first-order valence-electron chi connectivity index (χ1n) is 16.8. The van der Waals surface area contributed by atoms with E-state index in [0.29, 0.717) is 0 Å². The lowest BCUT2D eigenvalue weighted by molar-refractivity contribution is 0.669. The number of aromatic nitrogens is 2. The zero-order chi connectivity index (χ0) is 32.1. The zero-order valence-corrected chi connectivity index (χ0v) is 26.5. The van der Waals surface area contributed by atoms with Gasteiger partial charge in [0.15, 0.2) is 0 Å². The molecule has 11 aromatic rings. The Hall–Kier alpha value is -6.58. The number of hydrogen-bond acceptors (Lipinski definition) is 1. The van der Waals surface area contributed by atoms with Crippen molar-refractivity contribution in [2.75, 3.05) is 0 Å². The molecular formula is C46H28N2O. The monoisotopic (exact) mass is 624 g/mol. The summed E-state index contributed by atoms with van der Waals surface area (Å²) >= 11 is 0. The first kappa shape index (κ1) is 26.5. The highest BCUT2D eigenvalue weighted by atomic mass is 16.3. The molecule has 3 aromatic heterocycles. The van der Waals surface area contributed by atoms with Crippen molar-refractivity contribution in [1.29, 1.82) is 0 Å². The van der Waals surface area contributed by atoms with Gasteiger partial charge in [-0.3, -0.25) is 0 Å². The Labute approximate surface area is 281 Å². The molecule has 3 heteroatoms. The van der Waals surface area contributed by atoms with Crippen molar-refractivity contribution in [2.24, 2.45) is 0 Å². The first-order valence-corrected chi connectivity index (χ1v) is 16.8. The van der Waals surface area contributed by atoms with Gasteiger partial charge >= 0.3 is 0 Å². The van der Waals surface area contributed by atoms with Crippen molar-refractivity contribution >= 4 is 76.3 Å². The Kier molecular flexibility index (Phi) is 5.38. The average molecular weight is 625 g/mol. The number of para-hydroxylation sites is 3. The summed E-state index contributed by atoms with van der Waals surface area (Å²) in [6.07, 6.45) is 0. The Morgan fingerprint density at radius 3 is 1.61 bits per heavy atom. The number of nitrogens with zero attached hydrogens (tertiary/aromatic N) is 2. The summed E-state index contributed by atoms with van der Waals surface area (Å²) in [6, 6.07) is 61.2. The van der Waals surface area contributed by atoms with E-state index in [1.54, 1.807) is 0 Å². The van der Waals surface area contributed by atoms with Crippen LogP contribution in [0.4, 0.5) is 0 Å². The second kappa shape index (κ2) is 9.96. The molecule has 0 aliphatic heterocycles. The molecule has 0 aliphatic carbocycles. The molecule has 0 spiro atoms. The molecule has 3 nitrogen and oxygen atoms in total. The van der Waals surface area contributed by atoms with Crippen LogP contribution in [0.2, 0.25) is 0 Å². The summed E-state index contributed by atoms with van der Waals surface area (Å²) < 4.78 is 11.3. The predicted molar refractivity (Wildman–Crippen MR) is 205 cm³/mol. The highest BCUT2D eigenvalue weighted by Gasteiger charge is 2.21. The van der Waals surface area contributed by atoms with E-state index in [2.05, 4.69) is 179 Å². The van der Waals surface area contributed by atoms with E-state index >= 15 is 0 Å². The molecule has 0 bridgehead atoms. The van der Waals surface area contributed by atoms with Gasteiger partial charge in [0.05, 0.1) is 22.1 Å². The molecule has 228 valence electrons. The fraction of sp³-hybridized carbons (Fsp3) is 0. The molecule has 49 heavy (non-hydrogen) atoms. The second-order valence-corrected chi connectivity index (χ2v) is 12.9. The van der Waals surface area contributed by atoms with Crippen molar-refractivity contribution in [3.05, 3.63) is 170 Å². The number of fused-ring (bicyclic) bond motifs is 11. The van der Waals surface area contributed by atoms with E-state index in [-0.39, 0.29) is 0 Å². The molecule has 0 N–H and O–H groups in total. The quantitative estimate of drug-likeness (QED) is 0.192. The number of hydrogen-bond donors (Lipinski definition) is 0. The lowest BCUT2D eigenvalue weighted by atomic mass is 9.98. The third kappa shape index (κ3) is 3.73. The van der Waals surface area contributed by atoms with Crippen LogP contribution in [0.15, 0.2) is 174 Å². The lowest BCUT2D eigenvalue weighted by Crippen LogP contribution is -1.98. The van der Waals surface area contributed by atoms with Gasteiger partial charge in [-0.1, -0.05) is 115 Å². The maximum Gasteiger partial charge on any atom is 0.136 e. The maximum atomic E-state index is 6.41. The largest absolute Gasteiger partial charge is 0.456 e. The van der Waals surface area contributed by atoms with Gasteiger partial charge in [-0.15, -0.1) is 0 Å². The normalized spacial score (nSPS) is 12.1. The molecule has 3 heterocycles. The van der Waals surface area contributed by atoms with Crippen LogP contribution < -0.4 is 0 Å². The standard InChI is InChI=1S/C46H28N2O/c1-2-13-32(14-3-1)47-40-18-8-6-15-35(40)37-25-26-38-36-16-7-9-19-41(36)48(46(38)45(37)47)33-23-21-29(22-24-33)34-17-10-20-42-44(34)39-27-30-11-4-5-12-31(30)28-43(39)49-42/h1-28H. The predicted octanol–water partition coefficient (Wildman–Crippen LogP) is 12.6. The number of benzene rings is 8. The Balaban J connectivity index is 1.18.